The minimum atomic E-state index is -0.277. The first-order chi connectivity index (χ1) is 10.0. The van der Waals surface area contributed by atoms with Crippen LogP contribution in [0.4, 0.5) is 0 Å². The number of ether oxygens (including phenoxy) is 1. The Hall–Kier alpha value is -1.92. The van der Waals surface area contributed by atoms with Crippen molar-refractivity contribution < 1.29 is 9.53 Å². The number of aryl methyl sites for hydroxylation is 3. The lowest BCUT2D eigenvalue weighted by molar-refractivity contribution is 0.0957. The Kier molecular flexibility index (Phi) is 4.93. The highest BCUT2D eigenvalue weighted by Crippen LogP contribution is 2.24. The van der Waals surface area contributed by atoms with E-state index in [0.29, 0.717) is 11.5 Å². The molecule has 2 heterocycles. The third-order valence-corrected chi connectivity index (χ3v) is 4.26. The number of aromatic nitrogens is 1. The molecular formula is C15H19N3O2S. The van der Waals surface area contributed by atoms with E-state index in [9.17, 15) is 4.79 Å². The van der Waals surface area contributed by atoms with Crippen molar-refractivity contribution in [3.05, 3.63) is 44.9 Å². The van der Waals surface area contributed by atoms with Gasteiger partial charge in [-0.25, -0.2) is 5.84 Å². The van der Waals surface area contributed by atoms with Crippen LogP contribution in [0.15, 0.2) is 18.2 Å². The van der Waals surface area contributed by atoms with E-state index in [0.717, 1.165) is 34.0 Å². The van der Waals surface area contributed by atoms with Gasteiger partial charge in [-0.2, -0.15) is 0 Å². The lowest BCUT2D eigenvalue weighted by Gasteiger charge is -2.10. The van der Waals surface area contributed by atoms with Gasteiger partial charge in [0.05, 0.1) is 10.6 Å². The predicted octanol–water partition coefficient (Wildman–Crippen LogP) is 2.50. The summed E-state index contributed by atoms with van der Waals surface area (Å²) in [5.41, 5.74) is 5.05. The molecule has 2 aromatic heterocycles. The summed E-state index contributed by atoms with van der Waals surface area (Å²) in [6, 6.07) is 5.69. The van der Waals surface area contributed by atoms with Gasteiger partial charge >= 0.3 is 0 Å². The van der Waals surface area contributed by atoms with Crippen LogP contribution in [-0.2, 0) is 13.0 Å². The van der Waals surface area contributed by atoms with Gasteiger partial charge in [-0.05, 0) is 38.5 Å². The second kappa shape index (κ2) is 6.69. The highest BCUT2D eigenvalue weighted by Gasteiger charge is 2.12. The topological polar surface area (TPSA) is 77.2 Å². The number of carbonyl (C=O) groups excluding carboxylic acids is 1. The van der Waals surface area contributed by atoms with Gasteiger partial charge in [0.25, 0.3) is 5.91 Å². The van der Waals surface area contributed by atoms with Crippen LogP contribution in [0.3, 0.4) is 0 Å². The quantitative estimate of drug-likeness (QED) is 0.505. The summed E-state index contributed by atoms with van der Waals surface area (Å²) >= 11 is 1.41. The molecule has 0 bridgehead atoms. The Morgan fingerprint density at radius 3 is 2.86 bits per heavy atom. The average Bonchev–Trinajstić information content (AvgIpc) is 2.86. The van der Waals surface area contributed by atoms with E-state index in [1.165, 1.54) is 11.3 Å². The number of nitrogen functional groups attached to an aromatic ring is 1. The van der Waals surface area contributed by atoms with Gasteiger partial charge in [0, 0.05) is 16.1 Å². The number of carbonyl (C=O) groups is 1. The Labute approximate surface area is 128 Å². The van der Waals surface area contributed by atoms with Crippen LogP contribution < -0.4 is 16.0 Å². The van der Waals surface area contributed by atoms with Crippen LogP contribution in [-0.4, -0.2) is 10.9 Å². The van der Waals surface area contributed by atoms with Crippen molar-refractivity contribution in [2.24, 2.45) is 5.84 Å². The van der Waals surface area contributed by atoms with Crippen LogP contribution in [0.1, 0.15) is 38.4 Å². The Balaban J connectivity index is 2.13. The first-order valence-corrected chi connectivity index (χ1v) is 7.56. The zero-order valence-corrected chi connectivity index (χ0v) is 13.2. The number of hydrogen-bond acceptors (Lipinski definition) is 5. The largest absolute Gasteiger partial charge is 0.487 e. The zero-order valence-electron chi connectivity index (χ0n) is 12.4. The first kappa shape index (κ1) is 15.5. The summed E-state index contributed by atoms with van der Waals surface area (Å²) < 4.78 is 5.86. The number of rotatable bonds is 5. The molecule has 0 aromatic carbocycles. The van der Waals surface area contributed by atoms with E-state index in [-0.39, 0.29) is 5.91 Å². The lowest BCUT2D eigenvalue weighted by Crippen LogP contribution is -2.29. The van der Waals surface area contributed by atoms with Gasteiger partial charge in [0.1, 0.15) is 12.4 Å². The number of hydrazine groups is 1. The summed E-state index contributed by atoms with van der Waals surface area (Å²) in [5, 5.41) is 0. The highest BCUT2D eigenvalue weighted by molar-refractivity contribution is 7.14. The number of pyridine rings is 1. The van der Waals surface area contributed by atoms with E-state index in [4.69, 9.17) is 10.6 Å². The zero-order chi connectivity index (χ0) is 15.4. The second-order valence-electron chi connectivity index (χ2n) is 4.71. The van der Waals surface area contributed by atoms with Crippen molar-refractivity contribution >= 4 is 17.2 Å². The van der Waals surface area contributed by atoms with Crippen molar-refractivity contribution in [2.45, 2.75) is 33.8 Å². The summed E-state index contributed by atoms with van der Waals surface area (Å²) in [6.45, 7) is 6.39. The number of amides is 1. The van der Waals surface area contributed by atoms with Crippen molar-refractivity contribution in [3.63, 3.8) is 0 Å². The monoisotopic (exact) mass is 305 g/mol. The molecule has 2 aromatic rings. The predicted molar refractivity (Wildman–Crippen MR) is 83.4 cm³/mol. The molecule has 5 nitrogen and oxygen atoms in total. The van der Waals surface area contributed by atoms with Crippen molar-refractivity contribution in [1.82, 2.24) is 10.4 Å². The molecule has 3 N–H and O–H groups in total. The second-order valence-corrected chi connectivity index (χ2v) is 5.96. The van der Waals surface area contributed by atoms with Crippen LogP contribution in [0.5, 0.6) is 5.75 Å². The van der Waals surface area contributed by atoms with Gasteiger partial charge in [0.15, 0.2) is 0 Å². The fraction of sp³-hybridized carbons (Fsp3) is 0.333. The fourth-order valence-electron chi connectivity index (χ4n) is 1.98. The van der Waals surface area contributed by atoms with Gasteiger partial charge < -0.3 is 4.74 Å². The fourth-order valence-corrected chi connectivity index (χ4v) is 2.92. The Morgan fingerprint density at radius 1 is 1.43 bits per heavy atom. The van der Waals surface area contributed by atoms with Crippen molar-refractivity contribution in [3.8, 4) is 5.75 Å². The molecule has 0 fully saturated rings. The highest BCUT2D eigenvalue weighted by atomic mass is 32.1. The molecule has 0 radical (unpaired) electrons. The number of hydrogen-bond donors (Lipinski definition) is 2. The van der Waals surface area contributed by atoms with E-state index < -0.39 is 0 Å². The molecule has 0 unspecified atom stereocenters. The van der Waals surface area contributed by atoms with Crippen molar-refractivity contribution in [1.29, 1.82) is 0 Å². The Morgan fingerprint density at radius 2 is 2.19 bits per heavy atom. The SMILES string of the molecule is CCc1nc(C)ccc1OCc1cc(C(=O)NN)sc1C. The van der Waals surface area contributed by atoms with Gasteiger partial charge in [-0.1, -0.05) is 6.92 Å². The molecule has 0 aliphatic carbocycles. The van der Waals surface area contributed by atoms with E-state index in [2.05, 4.69) is 10.4 Å². The average molecular weight is 305 g/mol. The number of thiophene rings is 1. The van der Waals surface area contributed by atoms with Crippen LogP contribution in [0.25, 0.3) is 0 Å². The summed E-state index contributed by atoms with van der Waals surface area (Å²) in [4.78, 5) is 17.6. The molecule has 0 spiro atoms. The van der Waals surface area contributed by atoms with Crippen LogP contribution in [0, 0.1) is 13.8 Å². The molecule has 1 amide bonds. The molecule has 2 rings (SSSR count). The molecule has 112 valence electrons. The lowest BCUT2D eigenvalue weighted by atomic mass is 10.2. The van der Waals surface area contributed by atoms with Crippen LogP contribution >= 0.6 is 11.3 Å². The molecule has 0 saturated carbocycles. The van der Waals surface area contributed by atoms with Crippen LogP contribution in [0.2, 0.25) is 0 Å². The third kappa shape index (κ3) is 3.59. The van der Waals surface area contributed by atoms with Crippen molar-refractivity contribution in [2.75, 3.05) is 0 Å². The third-order valence-electron chi connectivity index (χ3n) is 3.17. The maximum atomic E-state index is 11.5. The van der Waals surface area contributed by atoms with Gasteiger partial charge in [-0.15, -0.1) is 11.3 Å². The number of nitrogens with two attached hydrogens (primary N) is 1. The maximum absolute atomic E-state index is 11.5. The van der Waals surface area contributed by atoms with E-state index >= 15 is 0 Å². The smallest absolute Gasteiger partial charge is 0.275 e. The molecule has 21 heavy (non-hydrogen) atoms. The molecule has 0 aliphatic heterocycles. The number of nitrogens with zero attached hydrogens (tertiary/aromatic N) is 1. The minimum absolute atomic E-state index is 0.277. The number of nitrogens with one attached hydrogen (secondary N) is 1. The Bertz CT molecular complexity index is 652. The molecule has 6 heteroatoms. The molecule has 0 aliphatic rings. The first-order valence-electron chi connectivity index (χ1n) is 6.74. The van der Waals surface area contributed by atoms with Gasteiger partial charge in [-0.3, -0.25) is 15.2 Å². The summed E-state index contributed by atoms with van der Waals surface area (Å²) in [6.07, 6.45) is 0.820. The normalized spacial score (nSPS) is 10.5. The maximum Gasteiger partial charge on any atom is 0.275 e. The van der Waals surface area contributed by atoms with E-state index in [1.54, 1.807) is 0 Å². The summed E-state index contributed by atoms with van der Waals surface area (Å²) in [5.74, 6) is 5.66. The minimum Gasteiger partial charge on any atom is -0.487 e. The van der Waals surface area contributed by atoms with Gasteiger partial charge in [0.2, 0.25) is 0 Å². The standard InChI is InChI=1S/C15H19N3O2S/c1-4-12-13(6-5-9(2)17-12)20-8-11-7-14(15(19)18-16)21-10(11)3/h5-7H,4,8,16H2,1-3H3,(H,18,19). The molecule has 0 atom stereocenters. The summed E-state index contributed by atoms with van der Waals surface area (Å²) in [7, 11) is 0. The molecular weight excluding hydrogens is 286 g/mol. The molecule has 0 saturated heterocycles. The van der Waals surface area contributed by atoms with E-state index in [1.807, 2.05) is 39.0 Å².